The lowest BCUT2D eigenvalue weighted by Crippen LogP contribution is -2.50. The van der Waals surface area contributed by atoms with Crippen LogP contribution in [-0.4, -0.2) is 48.8 Å². The van der Waals surface area contributed by atoms with E-state index in [2.05, 4.69) is 18.7 Å². The number of sulfonamides is 1. The fourth-order valence-corrected chi connectivity index (χ4v) is 5.91. The van der Waals surface area contributed by atoms with Gasteiger partial charge in [0.25, 0.3) is 0 Å². The molecule has 3 rings (SSSR count). The van der Waals surface area contributed by atoms with Crippen LogP contribution in [0.3, 0.4) is 0 Å². The standard InChI is InChI=1S/C23H26ClN3O3S2/c1-16(2)10-23(31)26-6-8-27(9-7-26)32(28,29)22-13-18(15-25)4-5-21(22)30-20-12-17(3)11-19(24)14-20/h4-5,11-14,16H,6-10H2,1-3H3. The molecular weight excluding hydrogens is 466 g/mol. The van der Waals surface area contributed by atoms with Crippen LogP contribution in [0.25, 0.3) is 0 Å². The summed E-state index contributed by atoms with van der Waals surface area (Å²) in [5.74, 6) is 1.04. The van der Waals surface area contributed by atoms with Crippen LogP contribution in [0.1, 0.15) is 31.4 Å². The van der Waals surface area contributed by atoms with Crippen LogP contribution in [0.2, 0.25) is 5.02 Å². The highest BCUT2D eigenvalue weighted by Crippen LogP contribution is 2.33. The van der Waals surface area contributed by atoms with Gasteiger partial charge in [-0.3, -0.25) is 0 Å². The van der Waals surface area contributed by atoms with Gasteiger partial charge in [0.1, 0.15) is 16.4 Å². The topological polar surface area (TPSA) is 73.6 Å². The van der Waals surface area contributed by atoms with Crippen LogP contribution in [0.5, 0.6) is 11.5 Å². The zero-order valence-electron chi connectivity index (χ0n) is 18.3. The van der Waals surface area contributed by atoms with Gasteiger partial charge in [0.2, 0.25) is 10.0 Å². The number of halogens is 1. The van der Waals surface area contributed by atoms with Crippen LogP contribution >= 0.6 is 23.8 Å². The van der Waals surface area contributed by atoms with Crippen LogP contribution in [0.15, 0.2) is 41.3 Å². The Hall–Kier alpha value is -2.18. The Morgan fingerprint density at radius 3 is 2.47 bits per heavy atom. The Labute approximate surface area is 200 Å². The molecule has 0 saturated carbocycles. The Bertz CT molecular complexity index is 1130. The maximum absolute atomic E-state index is 13.5. The maximum Gasteiger partial charge on any atom is 0.246 e. The Morgan fingerprint density at radius 1 is 1.19 bits per heavy atom. The van der Waals surface area contributed by atoms with Crippen molar-refractivity contribution in [3.8, 4) is 17.6 Å². The number of ether oxygens (including phenoxy) is 1. The number of aryl methyl sites for hydroxylation is 1. The summed E-state index contributed by atoms with van der Waals surface area (Å²) in [6.45, 7) is 7.79. The molecule has 1 heterocycles. The minimum atomic E-state index is -3.88. The second-order valence-electron chi connectivity index (χ2n) is 8.22. The largest absolute Gasteiger partial charge is 0.456 e. The molecule has 0 N–H and O–H groups in total. The normalized spacial score (nSPS) is 14.9. The molecule has 0 radical (unpaired) electrons. The van der Waals surface area contributed by atoms with Crippen LogP contribution in [0, 0.1) is 24.2 Å². The fourth-order valence-electron chi connectivity index (χ4n) is 3.55. The van der Waals surface area contributed by atoms with Crippen molar-refractivity contribution in [3.05, 3.63) is 52.5 Å². The molecule has 6 nitrogen and oxygen atoms in total. The van der Waals surface area contributed by atoms with E-state index >= 15 is 0 Å². The monoisotopic (exact) mass is 491 g/mol. The highest BCUT2D eigenvalue weighted by atomic mass is 35.5. The number of hydrogen-bond acceptors (Lipinski definition) is 5. The highest BCUT2D eigenvalue weighted by molar-refractivity contribution is 7.89. The summed E-state index contributed by atoms with van der Waals surface area (Å²) in [5.41, 5.74) is 1.13. The summed E-state index contributed by atoms with van der Waals surface area (Å²) >= 11 is 11.6. The van der Waals surface area contributed by atoms with E-state index in [-0.39, 0.29) is 16.2 Å². The van der Waals surface area contributed by atoms with Gasteiger partial charge in [0.15, 0.2) is 0 Å². The molecule has 0 aromatic heterocycles. The minimum Gasteiger partial charge on any atom is -0.456 e. The molecule has 32 heavy (non-hydrogen) atoms. The molecule has 1 aliphatic rings. The molecule has 0 aliphatic carbocycles. The summed E-state index contributed by atoms with van der Waals surface area (Å²) in [5, 5.41) is 9.81. The third-order valence-electron chi connectivity index (χ3n) is 5.11. The molecule has 2 aromatic rings. The first-order valence-corrected chi connectivity index (χ1v) is 12.6. The first-order valence-electron chi connectivity index (χ1n) is 10.4. The van der Waals surface area contributed by atoms with E-state index in [1.165, 1.54) is 22.5 Å². The van der Waals surface area contributed by atoms with Gasteiger partial charge in [-0.15, -0.1) is 0 Å². The third-order valence-corrected chi connectivity index (χ3v) is 7.67. The molecule has 2 aromatic carbocycles. The first-order chi connectivity index (χ1) is 15.1. The molecule has 0 spiro atoms. The summed E-state index contributed by atoms with van der Waals surface area (Å²) in [6.07, 6.45) is 0.809. The van der Waals surface area contributed by atoms with E-state index in [4.69, 9.17) is 28.6 Å². The maximum atomic E-state index is 13.5. The van der Waals surface area contributed by atoms with Crippen molar-refractivity contribution in [1.29, 1.82) is 5.26 Å². The second kappa shape index (κ2) is 10.2. The number of hydrogen-bond donors (Lipinski definition) is 0. The first kappa shape index (κ1) is 24.5. The number of nitriles is 1. The molecule has 1 fully saturated rings. The van der Waals surface area contributed by atoms with Crippen LogP contribution < -0.4 is 4.74 Å². The molecular formula is C23H26ClN3O3S2. The van der Waals surface area contributed by atoms with Crippen molar-refractivity contribution in [2.24, 2.45) is 5.92 Å². The van der Waals surface area contributed by atoms with E-state index in [0.29, 0.717) is 42.9 Å². The van der Waals surface area contributed by atoms with E-state index in [0.717, 1.165) is 17.0 Å². The molecule has 0 amide bonds. The van der Waals surface area contributed by atoms with Gasteiger partial charge >= 0.3 is 0 Å². The van der Waals surface area contributed by atoms with E-state index in [1.807, 2.05) is 13.0 Å². The molecule has 0 unspecified atom stereocenters. The second-order valence-corrected chi connectivity index (χ2v) is 11.0. The zero-order chi connectivity index (χ0) is 23.5. The Morgan fingerprint density at radius 2 is 1.88 bits per heavy atom. The molecule has 0 atom stereocenters. The Balaban J connectivity index is 1.87. The molecule has 1 saturated heterocycles. The van der Waals surface area contributed by atoms with Crippen molar-refractivity contribution in [2.75, 3.05) is 26.2 Å². The number of thiocarbonyl (C=S) groups is 1. The highest BCUT2D eigenvalue weighted by Gasteiger charge is 2.32. The van der Waals surface area contributed by atoms with Crippen molar-refractivity contribution in [3.63, 3.8) is 0 Å². The van der Waals surface area contributed by atoms with Gasteiger partial charge in [-0.25, -0.2) is 8.42 Å². The van der Waals surface area contributed by atoms with Gasteiger partial charge in [-0.05, 0) is 54.8 Å². The number of rotatable bonds is 6. The number of benzene rings is 2. The average molecular weight is 492 g/mol. The van der Waals surface area contributed by atoms with Crippen LogP contribution in [-0.2, 0) is 10.0 Å². The van der Waals surface area contributed by atoms with Crippen molar-refractivity contribution < 1.29 is 13.2 Å². The minimum absolute atomic E-state index is 0.0348. The smallest absolute Gasteiger partial charge is 0.246 e. The zero-order valence-corrected chi connectivity index (χ0v) is 20.7. The summed E-state index contributed by atoms with van der Waals surface area (Å²) < 4.78 is 34.4. The number of nitrogens with zero attached hydrogens (tertiary/aromatic N) is 3. The third kappa shape index (κ3) is 5.78. The van der Waals surface area contributed by atoms with Gasteiger partial charge in [-0.2, -0.15) is 9.57 Å². The fraction of sp³-hybridized carbons (Fsp3) is 0.391. The van der Waals surface area contributed by atoms with Crippen molar-refractivity contribution in [1.82, 2.24) is 9.21 Å². The van der Waals surface area contributed by atoms with E-state index < -0.39 is 10.0 Å². The predicted molar refractivity (Wildman–Crippen MR) is 130 cm³/mol. The molecule has 170 valence electrons. The van der Waals surface area contributed by atoms with Crippen molar-refractivity contribution >= 4 is 38.8 Å². The van der Waals surface area contributed by atoms with Crippen molar-refractivity contribution in [2.45, 2.75) is 32.1 Å². The lowest BCUT2D eigenvalue weighted by molar-refractivity contribution is 0.264. The van der Waals surface area contributed by atoms with Gasteiger partial charge in [0.05, 0.1) is 16.6 Å². The average Bonchev–Trinajstić information content (AvgIpc) is 2.73. The van der Waals surface area contributed by atoms with E-state index in [9.17, 15) is 13.7 Å². The summed E-state index contributed by atoms with van der Waals surface area (Å²) in [6, 6.07) is 11.6. The van der Waals surface area contributed by atoms with E-state index in [1.54, 1.807) is 18.2 Å². The molecule has 0 bridgehead atoms. The molecule has 1 aliphatic heterocycles. The lowest BCUT2D eigenvalue weighted by atomic mass is 10.1. The summed E-state index contributed by atoms with van der Waals surface area (Å²) in [7, 11) is -3.88. The summed E-state index contributed by atoms with van der Waals surface area (Å²) in [4.78, 5) is 2.90. The molecule has 9 heteroatoms. The van der Waals surface area contributed by atoms with Gasteiger partial charge < -0.3 is 9.64 Å². The quantitative estimate of drug-likeness (QED) is 0.530. The SMILES string of the molecule is Cc1cc(Cl)cc(Oc2ccc(C#N)cc2S(=O)(=O)N2CCN(C(=S)CC(C)C)CC2)c1. The lowest BCUT2D eigenvalue weighted by Gasteiger charge is -2.36. The van der Waals surface area contributed by atoms with Crippen LogP contribution in [0.4, 0.5) is 0 Å². The number of piperazine rings is 1. The van der Waals surface area contributed by atoms with Gasteiger partial charge in [0, 0.05) is 37.6 Å². The Kier molecular flexibility index (Phi) is 7.78. The predicted octanol–water partition coefficient (Wildman–Crippen LogP) is 4.99. The van der Waals surface area contributed by atoms with Gasteiger partial charge in [-0.1, -0.05) is 37.7 Å².